The minimum atomic E-state index is -0.884. The topological polar surface area (TPSA) is 118 Å². The van der Waals surface area contributed by atoms with E-state index in [1.807, 2.05) is 13.0 Å². The Balaban J connectivity index is 1.96. The molecule has 44 heavy (non-hydrogen) atoms. The maximum Gasteiger partial charge on any atom is 0.343 e. The Morgan fingerprint density at radius 2 is 1.52 bits per heavy atom. The Morgan fingerprint density at radius 3 is 2.14 bits per heavy atom. The summed E-state index contributed by atoms with van der Waals surface area (Å²) in [4.78, 5) is 55.1. The molecule has 0 aliphatic carbocycles. The molecule has 0 amide bonds. The van der Waals surface area contributed by atoms with Crippen LogP contribution in [0.5, 0.6) is 17.2 Å². The minimum Gasteiger partial charge on any atom is -0.426 e. The van der Waals surface area contributed by atoms with Crippen LogP contribution in [-0.4, -0.2) is 49.7 Å². The molecule has 10 heteroatoms. The molecule has 0 aliphatic rings. The van der Waals surface area contributed by atoms with Crippen molar-refractivity contribution in [1.82, 2.24) is 0 Å². The highest BCUT2D eigenvalue weighted by Crippen LogP contribution is 2.35. The molecule has 0 N–H and O–H groups in total. The number of halogens is 1. The lowest BCUT2D eigenvalue weighted by molar-refractivity contribution is -0.138. The van der Waals surface area contributed by atoms with Gasteiger partial charge >= 0.3 is 17.9 Å². The molecule has 0 fully saturated rings. The van der Waals surface area contributed by atoms with Crippen molar-refractivity contribution in [3.63, 3.8) is 0 Å². The lowest BCUT2D eigenvalue weighted by atomic mass is 10.0. The van der Waals surface area contributed by atoms with Gasteiger partial charge in [0.25, 0.3) is 0 Å². The molecule has 3 rings (SSSR count). The third-order valence-electron chi connectivity index (χ3n) is 6.27. The molecule has 0 radical (unpaired) electrons. The standard InChI is InChI=1S/C34H36ClNO8/c1-20(2)32(38)42-27-12-10-23(11-13-27)15-28(29(37)19-41-6)36-18-25-16-26(35)17-30(31(25)44-33(39)21(3)4)43-34(40)24-9-7-8-22(5)14-24/h7-14,16-18,20-21,28H,15,19H2,1-6H3. The number of hydrogen-bond acceptors (Lipinski definition) is 9. The van der Waals surface area contributed by atoms with Crippen molar-refractivity contribution < 1.29 is 38.1 Å². The second-order valence-corrected chi connectivity index (χ2v) is 11.2. The zero-order valence-electron chi connectivity index (χ0n) is 25.6. The number of ether oxygens (including phenoxy) is 4. The fraction of sp³-hybridized carbons (Fsp3) is 0.324. The van der Waals surface area contributed by atoms with Crippen LogP contribution in [0.25, 0.3) is 0 Å². The van der Waals surface area contributed by atoms with Gasteiger partial charge in [0.1, 0.15) is 18.4 Å². The van der Waals surface area contributed by atoms with Crippen molar-refractivity contribution in [2.75, 3.05) is 13.7 Å². The summed E-state index contributed by atoms with van der Waals surface area (Å²) in [6.07, 6.45) is 1.56. The number of aryl methyl sites for hydroxylation is 1. The first-order valence-corrected chi connectivity index (χ1v) is 14.4. The number of carbonyl (C=O) groups excluding carboxylic acids is 4. The predicted octanol–water partition coefficient (Wildman–Crippen LogP) is 6.24. The first-order valence-electron chi connectivity index (χ1n) is 14.1. The van der Waals surface area contributed by atoms with Crippen LogP contribution in [0, 0.1) is 18.8 Å². The number of benzene rings is 3. The number of nitrogens with zero attached hydrogens (tertiary/aromatic N) is 1. The highest BCUT2D eigenvalue weighted by Gasteiger charge is 2.23. The van der Waals surface area contributed by atoms with Gasteiger partial charge in [0.2, 0.25) is 0 Å². The van der Waals surface area contributed by atoms with Gasteiger partial charge in [-0.3, -0.25) is 19.4 Å². The third-order valence-corrected chi connectivity index (χ3v) is 6.49. The maximum atomic E-state index is 13.0. The van der Waals surface area contributed by atoms with E-state index in [1.165, 1.54) is 25.5 Å². The quantitative estimate of drug-likeness (QED) is 0.125. The summed E-state index contributed by atoms with van der Waals surface area (Å²) in [5.74, 6) is -2.41. The van der Waals surface area contributed by atoms with Crippen LogP contribution in [0.3, 0.4) is 0 Å². The van der Waals surface area contributed by atoms with Gasteiger partial charge in [0, 0.05) is 36.4 Å². The molecular formula is C34H36ClNO8. The van der Waals surface area contributed by atoms with Crippen LogP contribution in [0.1, 0.15) is 54.7 Å². The molecule has 0 saturated carbocycles. The molecule has 3 aromatic carbocycles. The van der Waals surface area contributed by atoms with Crippen molar-refractivity contribution in [3.05, 3.63) is 87.9 Å². The number of ketones is 1. The largest absolute Gasteiger partial charge is 0.426 e. The van der Waals surface area contributed by atoms with Crippen molar-refractivity contribution in [1.29, 1.82) is 0 Å². The number of esters is 3. The number of rotatable bonds is 13. The summed E-state index contributed by atoms with van der Waals surface area (Å²) < 4.78 is 21.7. The zero-order valence-corrected chi connectivity index (χ0v) is 26.3. The lowest BCUT2D eigenvalue weighted by Crippen LogP contribution is -2.25. The second kappa shape index (κ2) is 15.9. The van der Waals surface area contributed by atoms with E-state index < -0.39 is 23.9 Å². The van der Waals surface area contributed by atoms with Crippen molar-refractivity contribution >= 4 is 41.5 Å². The molecule has 0 saturated heterocycles. The number of carbonyl (C=O) groups is 4. The fourth-order valence-electron chi connectivity index (χ4n) is 3.83. The SMILES string of the molecule is COCC(=O)C(Cc1ccc(OC(=O)C(C)C)cc1)N=Cc1cc(Cl)cc(OC(=O)c2cccc(C)c2)c1OC(=O)C(C)C. The van der Waals surface area contributed by atoms with E-state index in [9.17, 15) is 19.2 Å². The summed E-state index contributed by atoms with van der Waals surface area (Å²) in [7, 11) is 1.41. The van der Waals surface area contributed by atoms with Gasteiger partial charge < -0.3 is 18.9 Å². The van der Waals surface area contributed by atoms with Gasteiger partial charge in [-0.1, -0.05) is 69.1 Å². The molecule has 232 valence electrons. The molecule has 0 heterocycles. The molecule has 1 unspecified atom stereocenters. The van der Waals surface area contributed by atoms with Crippen LogP contribution < -0.4 is 14.2 Å². The highest BCUT2D eigenvalue weighted by molar-refractivity contribution is 6.31. The molecule has 9 nitrogen and oxygen atoms in total. The third kappa shape index (κ3) is 9.86. The van der Waals surface area contributed by atoms with E-state index in [0.29, 0.717) is 11.3 Å². The zero-order chi connectivity index (χ0) is 32.4. The van der Waals surface area contributed by atoms with E-state index >= 15 is 0 Å². The second-order valence-electron chi connectivity index (χ2n) is 10.8. The van der Waals surface area contributed by atoms with E-state index in [-0.39, 0.29) is 52.8 Å². The van der Waals surface area contributed by atoms with Crippen LogP contribution in [-0.2, 0) is 25.5 Å². The monoisotopic (exact) mass is 621 g/mol. The molecule has 0 aromatic heterocycles. The number of hydrogen-bond donors (Lipinski definition) is 0. The normalized spacial score (nSPS) is 11.9. The van der Waals surface area contributed by atoms with E-state index in [0.717, 1.165) is 11.1 Å². The number of aliphatic imine (C=N–C) groups is 1. The van der Waals surface area contributed by atoms with Gasteiger partial charge in [-0.2, -0.15) is 0 Å². The summed E-state index contributed by atoms with van der Waals surface area (Å²) in [5, 5.41) is 0.189. The lowest BCUT2D eigenvalue weighted by Gasteiger charge is -2.16. The Kier molecular flexibility index (Phi) is 12.4. The Labute approximate surface area is 262 Å². The smallest absolute Gasteiger partial charge is 0.343 e. The van der Waals surface area contributed by atoms with Crippen LogP contribution in [0.2, 0.25) is 5.02 Å². The van der Waals surface area contributed by atoms with Gasteiger partial charge in [0.15, 0.2) is 17.3 Å². The fourth-order valence-corrected chi connectivity index (χ4v) is 4.04. The molecule has 0 spiro atoms. The summed E-state index contributed by atoms with van der Waals surface area (Å²) >= 11 is 6.39. The molecule has 0 aliphatic heterocycles. The van der Waals surface area contributed by atoms with E-state index in [2.05, 4.69) is 4.99 Å². The molecule has 0 bridgehead atoms. The van der Waals surface area contributed by atoms with Crippen LogP contribution in [0.15, 0.2) is 65.7 Å². The van der Waals surface area contributed by atoms with Gasteiger partial charge in [-0.25, -0.2) is 4.79 Å². The Hall–Kier alpha value is -4.34. The molecule has 1 atom stereocenters. The maximum absolute atomic E-state index is 13.0. The first kappa shape index (κ1) is 34.2. The minimum absolute atomic E-state index is 0.0629. The molecular weight excluding hydrogens is 586 g/mol. The van der Waals surface area contributed by atoms with Gasteiger partial charge in [0.05, 0.1) is 17.4 Å². The van der Waals surface area contributed by atoms with Gasteiger partial charge in [-0.15, -0.1) is 0 Å². The van der Waals surface area contributed by atoms with Crippen molar-refractivity contribution in [2.45, 2.75) is 47.1 Å². The Bertz CT molecular complexity index is 1530. The van der Waals surface area contributed by atoms with Crippen molar-refractivity contribution in [3.8, 4) is 17.2 Å². The van der Waals surface area contributed by atoms with E-state index in [4.69, 9.17) is 30.5 Å². The highest BCUT2D eigenvalue weighted by atomic mass is 35.5. The predicted molar refractivity (Wildman–Crippen MR) is 167 cm³/mol. The average molecular weight is 622 g/mol. The van der Waals surface area contributed by atoms with Crippen LogP contribution >= 0.6 is 11.6 Å². The average Bonchev–Trinajstić information content (AvgIpc) is 2.97. The Morgan fingerprint density at radius 1 is 0.864 bits per heavy atom. The summed E-state index contributed by atoms with van der Waals surface area (Å²) in [5.41, 5.74) is 2.15. The van der Waals surface area contributed by atoms with E-state index in [1.54, 1.807) is 70.2 Å². The van der Waals surface area contributed by atoms with Crippen LogP contribution in [0.4, 0.5) is 0 Å². The number of Topliss-reactive ketones (excluding diaryl/α,β-unsaturated/α-hetero) is 1. The first-order chi connectivity index (χ1) is 20.9. The molecule has 3 aromatic rings. The number of methoxy groups -OCH3 is 1. The summed E-state index contributed by atoms with van der Waals surface area (Å²) in [6.45, 7) is 8.48. The summed E-state index contributed by atoms with van der Waals surface area (Å²) in [6, 6.07) is 15.6. The van der Waals surface area contributed by atoms with Crippen molar-refractivity contribution in [2.24, 2.45) is 16.8 Å². The van der Waals surface area contributed by atoms with Gasteiger partial charge in [-0.05, 0) is 42.8 Å².